The van der Waals surface area contributed by atoms with E-state index in [0.717, 1.165) is 18.5 Å². The summed E-state index contributed by atoms with van der Waals surface area (Å²) < 4.78 is 80.8. The van der Waals surface area contributed by atoms with Crippen LogP contribution in [0, 0.1) is 22.2 Å². The Bertz CT molecular complexity index is 1930. The first-order valence-electron chi connectivity index (χ1n) is 17.2. The highest BCUT2D eigenvalue weighted by atomic mass is 19.4. The molecule has 2 aromatic heterocycles. The molecular formula is C35H36F6N8O3. The van der Waals surface area contributed by atoms with E-state index in [1.165, 1.54) is 48.5 Å². The van der Waals surface area contributed by atoms with Crippen LogP contribution in [0.5, 0.6) is 0 Å². The van der Waals surface area contributed by atoms with Gasteiger partial charge in [-0.3, -0.25) is 19.3 Å². The van der Waals surface area contributed by atoms with Gasteiger partial charge in [-0.15, -0.1) is 0 Å². The monoisotopic (exact) mass is 730 g/mol. The van der Waals surface area contributed by atoms with Gasteiger partial charge < -0.3 is 14.3 Å². The summed E-state index contributed by atoms with van der Waals surface area (Å²) in [5.41, 5.74) is 0.106. The number of rotatable bonds is 7. The Morgan fingerprint density at radius 1 is 1.06 bits per heavy atom. The van der Waals surface area contributed by atoms with Crippen molar-refractivity contribution in [2.45, 2.75) is 70.4 Å². The fourth-order valence-electron chi connectivity index (χ4n) is 7.62. The Kier molecular flexibility index (Phi) is 7.71. The second-order valence-corrected chi connectivity index (χ2v) is 15.3. The zero-order valence-electron chi connectivity index (χ0n) is 28.4. The van der Waals surface area contributed by atoms with Crippen LogP contribution in [-0.4, -0.2) is 85.1 Å². The molecule has 0 N–H and O–H groups in total. The Balaban J connectivity index is 0.000000430. The highest BCUT2D eigenvalue weighted by Crippen LogP contribution is 2.69. The zero-order valence-corrected chi connectivity index (χ0v) is 28.4. The van der Waals surface area contributed by atoms with E-state index in [9.17, 15) is 35.9 Å². The first kappa shape index (κ1) is 34.4. The second-order valence-electron chi connectivity index (χ2n) is 15.3. The average molecular weight is 731 g/mol. The quantitative estimate of drug-likeness (QED) is 0.215. The minimum atomic E-state index is -4.40. The van der Waals surface area contributed by atoms with Crippen LogP contribution < -0.4 is 0 Å². The summed E-state index contributed by atoms with van der Waals surface area (Å²) in [5, 5.41) is 15.3. The molecular weight excluding hydrogens is 694 g/mol. The molecule has 2 amide bonds. The fourth-order valence-corrected chi connectivity index (χ4v) is 7.62. The lowest BCUT2D eigenvalue weighted by Crippen LogP contribution is -2.59. The van der Waals surface area contributed by atoms with E-state index in [1.54, 1.807) is 16.0 Å². The van der Waals surface area contributed by atoms with Gasteiger partial charge in [-0.1, -0.05) is 30.3 Å². The Morgan fingerprint density at radius 2 is 1.77 bits per heavy atom. The lowest BCUT2D eigenvalue weighted by atomic mass is 9.71. The maximum absolute atomic E-state index is 13.6. The maximum atomic E-state index is 13.6. The van der Waals surface area contributed by atoms with E-state index in [1.807, 2.05) is 18.1 Å². The molecule has 9 rings (SSSR count). The van der Waals surface area contributed by atoms with Gasteiger partial charge >= 0.3 is 12.4 Å². The molecule has 11 nitrogen and oxygen atoms in total. The van der Waals surface area contributed by atoms with Crippen molar-refractivity contribution in [1.29, 1.82) is 0 Å². The van der Waals surface area contributed by atoms with E-state index < -0.39 is 28.7 Å². The molecule has 3 saturated carbocycles. The Hall–Kier alpha value is -4.70. The number of hydrogen-bond donors (Lipinski definition) is 0. The van der Waals surface area contributed by atoms with Gasteiger partial charge in [-0.25, -0.2) is 0 Å². The molecule has 276 valence electrons. The molecule has 2 spiro atoms. The number of carbonyl (C=O) groups is 2. The highest BCUT2D eigenvalue weighted by Gasteiger charge is 2.70. The van der Waals surface area contributed by atoms with Crippen LogP contribution in [-0.2, 0) is 17.5 Å². The lowest BCUT2D eigenvalue weighted by molar-refractivity contribution is -0.181. The number of allylic oxidation sites excluding steroid dienone is 1. The van der Waals surface area contributed by atoms with Gasteiger partial charge in [0.15, 0.2) is 5.82 Å². The van der Waals surface area contributed by atoms with Crippen molar-refractivity contribution in [2.75, 3.05) is 26.2 Å². The molecule has 2 saturated heterocycles. The van der Waals surface area contributed by atoms with Crippen molar-refractivity contribution in [3.8, 4) is 0 Å². The van der Waals surface area contributed by atoms with E-state index in [-0.39, 0.29) is 24.4 Å². The smallest absolute Gasteiger partial charge is 0.344 e. The largest absolute Gasteiger partial charge is 0.416 e. The number of fused-ring (bicyclic) bond motifs is 3. The first-order valence-corrected chi connectivity index (χ1v) is 17.2. The summed E-state index contributed by atoms with van der Waals surface area (Å²) in [6.45, 7) is 5.15. The maximum Gasteiger partial charge on any atom is 0.416 e. The summed E-state index contributed by atoms with van der Waals surface area (Å²) in [6, 6.07) is 4.61. The number of carbonyl (C=O) groups excluding carboxylic acids is 2. The number of nitrogens with zero attached hydrogens (tertiary/aromatic N) is 8. The number of amides is 2. The second kappa shape index (κ2) is 11.7. The summed E-state index contributed by atoms with van der Waals surface area (Å²) in [5.74, 6) is 0.952. The number of alkyl halides is 6. The number of aromatic nitrogens is 4. The van der Waals surface area contributed by atoms with Crippen molar-refractivity contribution >= 4 is 18.0 Å². The molecule has 6 aliphatic rings. The van der Waals surface area contributed by atoms with Crippen LogP contribution in [0.3, 0.4) is 0 Å². The molecule has 17 heteroatoms. The third kappa shape index (κ3) is 5.94. The minimum absolute atomic E-state index is 0.218. The van der Waals surface area contributed by atoms with Crippen molar-refractivity contribution in [1.82, 2.24) is 34.7 Å². The molecule has 0 radical (unpaired) electrons. The predicted molar refractivity (Wildman–Crippen MR) is 171 cm³/mol. The topological polar surface area (TPSA) is 113 Å². The minimum Gasteiger partial charge on any atom is -0.344 e. The molecule has 0 bridgehead atoms. The van der Waals surface area contributed by atoms with Gasteiger partial charge in [0.05, 0.1) is 40.9 Å². The lowest BCUT2D eigenvalue weighted by Gasteiger charge is -2.48. The zero-order chi connectivity index (χ0) is 36.8. The van der Waals surface area contributed by atoms with Crippen molar-refractivity contribution in [3.05, 3.63) is 77.3 Å². The van der Waals surface area contributed by atoms with Crippen molar-refractivity contribution in [2.24, 2.45) is 27.3 Å². The summed E-state index contributed by atoms with van der Waals surface area (Å²) in [6.07, 6.45) is 2.72. The molecule has 5 fully saturated rings. The van der Waals surface area contributed by atoms with Gasteiger partial charge in [-0.2, -0.15) is 41.5 Å². The molecule has 3 atom stereocenters. The third-order valence-electron chi connectivity index (χ3n) is 11.6. The predicted octanol–water partition coefficient (Wildman–Crippen LogP) is 6.04. The number of halogens is 6. The molecule has 5 heterocycles. The molecule has 3 aliphatic heterocycles. The Morgan fingerprint density at radius 3 is 2.37 bits per heavy atom. The van der Waals surface area contributed by atoms with Crippen LogP contribution in [0.1, 0.15) is 84.7 Å². The molecule has 1 aromatic carbocycles. The van der Waals surface area contributed by atoms with Gasteiger partial charge in [-0.05, 0) is 50.3 Å². The van der Waals surface area contributed by atoms with Crippen molar-refractivity contribution in [3.63, 3.8) is 0 Å². The number of hydrazone groups is 1. The van der Waals surface area contributed by atoms with Crippen molar-refractivity contribution < 1.29 is 40.5 Å². The number of likely N-dealkylation sites (tertiary alicyclic amines) is 2. The summed E-state index contributed by atoms with van der Waals surface area (Å²) in [4.78, 5) is 33.3. The third-order valence-corrected chi connectivity index (χ3v) is 11.6. The molecule has 3 aromatic rings. The summed E-state index contributed by atoms with van der Waals surface area (Å²) in [7, 11) is 0. The van der Waals surface area contributed by atoms with E-state index in [2.05, 4.69) is 16.3 Å². The SMILES string of the molecule is CC(c1nc(C2CN(C(=O)c3cnn(Cc4ccc(C(F)(F)F)cc4)c3)CC23CN(C=O)C3)no1)N1C=CC2C(=N1)C21CC1.CC1(C(F)(F)F)CC1. The number of hydrogen-bond acceptors (Lipinski definition) is 8. The first-order chi connectivity index (χ1) is 24.5. The summed E-state index contributed by atoms with van der Waals surface area (Å²) >= 11 is 0. The van der Waals surface area contributed by atoms with E-state index in [4.69, 9.17) is 14.6 Å². The average Bonchev–Trinajstić information content (AvgIpc) is 4.00. The Labute approximate surface area is 294 Å². The van der Waals surface area contributed by atoms with Crippen LogP contribution in [0.4, 0.5) is 26.3 Å². The van der Waals surface area contributed by atoms with E-state index in [0.29, 0.717) is 73.2 Å². The number of benzene rings is 1. The highest BCUT2D eigenvalue weighted by molar-refractivity contribution is 6.12. The van der Waals surface area contributed by atoms with Gasteiger partial charge in [0.1, 0.15) is 6.04 Å². The van der Waals surface area contributed by atoms with Gasteiger partial charge in [0.25, 0.3) is 11.8 Å². The van der Waals surface area contributed by atoms with E-state index >= 15 is 0 Å². The standard InChI is InChI=1S/C30H29F3N8O3.C5H7F3/c1-18(41-9-6-22-24(36-41)29(22)7-8-29)26-35-25(37-44-26)23-13-39(16-28(23)14-38(15-28)17-42)27(43)20-10-34-40(12-20)11-19-2-4-21(5-3-19)30(31,32)33;1-4(2-3-4)5(6,7)8/h2-6,9-10,12,17-18,22-23H,7-8,11,13-16H2,1H3;2-3H2,1H3. The van der Waals surface area contributed by atoms with Gasteiger partial charge in [0, 0.05) is 55.3 Å². The van der Waals surface area contributed by atoms with Crippen LogP contribution >= 0.6 is 0 Å². The normalized spacial score (nSPS) is 24.8. The molecule has 3 aliphatic carbocycles. The van der Waals surface area contributed by atoms with Crippen LogP contribution in [0.25, 0.3) is 0 Å². The van der Waals surface area contributed by atoms with Gasteiger partial charge in [0.2, 0.25) is 6.41 Å². The van der Waals surface area contributed by atoms with Crippen LogP contribution in [0.15, 0.2) is 58.6 Å². The fraction of sp³-hybridized carbons (Fsp3) is 0.543. The van der Waals surface area contributed by atoms with Crippen LogP contribution in [0.2, 0.25) is 0 Å². The molecule has 52 heavy (non-hydrogen) atoms. The molecule has 3 unspecified atom stereocenters.